The molecule has 42 nitrogen and oxygen atoms in total. The lowest BCUT2D eigenvalue weighted by molar-refractivity contribution is -0.144. The van der Waals surface area contributed by atoms with Gasteiger partial charge in [-0.3, -0.25) is 91.1 Å². The van der Waals surface area contributed by atoms with Crippen molar-refractivity contribution in [2.75, 3.05) is 220 Å². The van der Waals surface area contributed by atoms with Crippen molar-refractivity contribution in [3.8, 4) is 0 Å². The van der Waals surface area contributed by atoms with E-state index in [-0.39, 0.29) is 169 Å². The van der Waals surface area contributed by atoms with Gasteiger partial charge in [0.05, 0.1) is 144 Å². The molecule has 0 aromatic heterocycles. The molecule has 0 spiro atoms. The number of Topliss-reactive ketones (excluding diaryl/α,β-unsaturated/α-hetero) is 5. The Kier molecular flexibility index (Phi) is 151. The zero-order valence-electron chi connectivity index (χ0n) is 84.2. The third-order valence-corrected chi connectivity index (χ3v) is 21.1. The first-order valence-electron chi connectivity index (χ1n) is 45.4. The van der Waals surface area contributed by atoms with E-state index in [1.807, 2.05) is 74.7 Å². The van der Waals surface area contributed by atoms with E-state index in [9.17, 15) is 101 Å². The first kappa shape index (κ1) is 160. The van der Waals surface area contributed by atoms with E-state index in [1.165, 1.54) is 42.7 Å². The van der Waals surface area contributed by atoms with Crippen LogP contribution in [0.25, 0.3) is 0 Å². The zero-order valence-corrected chi connectivity index (χ0v) is 101. The van der Waals surface area contributed by atoms with E-state index in [0.717, 1.165) is 109 Å². The maximum Gasteiger partial charge on any atom is 0.406 e. The number of ether oxygens (including phenoxy) is 17. The smallest absolute Gasteiger partial charge is 0.406 e. The minimum atomic E-state index is -0.507. The number of unbranched alkanes of at least 4 members (excludes halogenated alkanes) is 11. The quantitative estimate of drug-likeness (QED) is 0.0144. The lowest BCUT2D eigenvalue weighted by atomic mass is 10.1. The minimum Gasteiger partial charge on any atom is -0.469 e. The predicted molar refractivity (Wildman–Crippen MR) is 580 cm³/mol. The van der Waals surface area contributed by atoms with Crippen LogP contribution < -0.4 is 21.3 Å². The maximum absolute atomic E-state index is 11.0. The lowest BCUT2D eigenvalue weighted by Gasteiger charge is -2.05. The molecule has 0 aliphatic rings. The van der Waals surface area contributed by atoms with Gasteiger partial charge in [0.2, 0.25) is 11.8 Å². The van der Waals surface area contributed by atoms with Gasteiger partial charge in [-0.05, 0) is 89.9 Å². The Labute approximate surface area is 940 Å². The molecule has 143 heavy (non-hydrogen) atoms. The number of carbonyl (C=O) groups is 21. The van der Waals surface area contributed by atoms with E-state index < -0.39 is 30.1 Å². The van der Waals surface area contributed by atoms with Crippen LogP contribution in [0.1, 0.15) is 220 Å². The van der Waals surface area contributed by atoms with Gasteiger partial charge in [0, 0.05) is 111 Å². The monoisotopic (exact) mass is 2780 g/mol. The number of alkyl carbamates (subject to hydrolysis) is 2. The molecule has 0 bridgehead atoms. The number of halogens is 11. The molecule has 4 N–H and O–H groups in total. The van der Waals surface area contributed by atoms with Crippen molar-refractivity contribution in [3.05, 3.63) is 0 Å². The first-order chi connectivity index (χ1) is 68.3. The highest BCUT2D eigenvalue weighted by molar-refractivity contribution is 14.1. The SMILES string of the molecule is CCC(=O)CCCCCCCC(=O)CBr.CCC(=O)CCOC(=O)CCl.CCCCOCCOC(=O)CCl.CNC(=O)CCC(=O)CBr.CNC(=O)CCCCCOC(=O)CI.COC(=O)CCCCC(=O)CBr.COC(=O)CCCCOC(=O)CBr.COC(=O)CCCOC(=O)CBr.COC(=O)CCOCCOC(=O)CI.COC(=O)NCCCCCOC(=O)CI.COC(=O)NCCOCCOC(=O)CCl. The summed E-state index contributed by atoms with van der Waals surface area (Å²) < 4.78 is 80.6. The highest BCUT2D eigenvalue weighted by Gasteiger charge is 2.11. The molecule has 0 radical (unpaired) electrons. The normalized spacial score (nSPS) is 9.52. The minimum absolute atomic E-state index is 0.0589. The lowest BCUT2D eigenvalue weighted by Crippen LogP contribution is -2.27. The van der Waals surface area contributed by atoms with E-state index in [4.69, 9.17) is 72.7 Å². The molecule has 0 atom stereocenters. The molecule has 0 heterocycles. The zero-order chi connectivity index (χ0) is 111. The number of esters is 12. The van der Waals surface area contributed by atoms with Crippen LogP contribution in [0, 0.1) is 0 Å². The molecule has 0 unspecified atom stereocenters. The summed E-state index contributed by atoms with van der Waals surface area (Å²) in [7, 11) is 11.2. The molecule has 838 valence electrons. The van der Waals surface area contributed by atoms with Crippen LogP contribution in [0.5, 0.6) is 0 Å². The third-order valence-electron chi connectivity index (χ3n) is 15.8. The van der Waals surface area contributed by atoms with E-state index >= 15 is 0 Å². The number of nitrogens with one attached hydrogen (secondary N) is 4. The van der Waals surface area contributed by atoms with Crippen molar-refractivity contribution in [1.82, 2.24) is 21.3 Å². The van der Waals surface area contributed by atoms with Gasteiger partial charge in [0.25, 0.3) is 0 Å². The van der Waals surface area contributed by atoms with Crippen LogP contribution in [0.15, 0.2) is 0 Å². The molecule has 0 aliphatic heterocycles. The van der Waals surface area contributed by atoms with Gasteiger partial charge in [0.1, 0.15) is 77.0 Å². The number of hydrogen-bond donors (Lipinski definition) is 4. The highest BCUT2D eigenvalue weighted by atomic mass is 127. The largest absolute Gasteiger partial charge is 0.469 e. The number of methoxy groups -OCH3 is 6. The Hall–Kier alpha value is -5.19. The average Bonchev–Trinajstić information content (AvgIpc) is 1.01. The summed E-state index contributed by atoms with van der Waals surface area (Å²) in [5.74, 6) is -3.04. The van der Waals surface area contributed by atoms with Crippen molar-refractivity contribution in [3.63, 3.8) is 0 Å². The Balaban J connectivity index is -0.000000149. The molecular weight excluding hydrogens is 2630 g/mol. The molecule has 0 fully saturated rings. The Morgan fingerprint density at radius 2 is 0.531 bits per heavy atom. The van der Waals surface area contributed by atoms with Crippen molar-refractivity contribution in [1.29, 1.82) is 0 Å². The summed E-state index contributed by atoms with van der Waals surface area (Å²) in [5, 5.41) is 11.6. The number of hydrogen-bond acceptors (Lipinski definition) is 38. The summed E-state index contributed by atoms with van der Waals surface area (Å²) in [6.07, 6.45) is 21.1. The Bertz CT molecular complexity index is 2910. The Morgan fingerprint density at radius 1 is 0.238 bits per heavy atom. The van der Waals surface area contributed by atoms with Gasteiger partial charge in [-0.1, -0.05) is 194 Å². The third kappa shape index (κ3) is 157. The van der Waals surface area contributed by atoms with Crippen molar-refractivity contribution in [2.24, 2.45) is 0 Å². The number of ketones is 5. The van der Waals surface area contributed by atoms with Crippen LogP contribution >= 0.6 is 182 Å². The molecule has 0 aliphatic carbocycles. The second-order valence-electron chi connectivity index (χ2n) is 27.2. The summed E-state index contributed by atoms with van der Waals surface area (Å²) >= 11 is 36.5. The average molecular weight is 2790 g/mol. The molecule has 0 rings (SSSR count). The van der Waals surface area contributed by atoms with Gasteiger partial charge in [0.15, 0.2) is 0 Å². The Morgan fingerprint density at radius 3 is 0.916 bits per heavy atom. The van der Waals surface area contributed by atoms with Crippen molar-refractivity contribution in [2.45, 2.75) is 220 Å². The fourth-order valence-corrected chi connectivity index (χ4v) is 10.1. The number of carbonyl (C=O) groups excluding carboxylic acids is 21. The standard InChI is InChI=1S/C12H21BrO2.C9H16INO4.C9H16INO3.C8H13BrO4.C8H13BrO3.C8H14ClNO5.C8H15ClO3.C8H13IO5.C7H11BrO4.C7H11ClO3.C6H10BrNO2/c1-2-11(14)8-6-4-3-5-7-9-12(15)10-13;1-14-9(13)11-5-3-2-4-6-15-8(12)7-10;1-11-8(12)5-3-2-4-6-14-9(13)7-10;1-12-7(10)4-2-3-5-13-8(11)6-9;1-12-8(11)5-3-2-4-7(10)6-9;1-13-8(12)10-2-3-14-4-5-15-7(11)6-9;1-2-3-4-11-5-6-12-8(10)7-9;1-12-7(10)2-3-13-4-5-14-8(11)6-9;1-11-6(9)3-2-4-12-7(10)5-8;1-2-6(9)3-4-11-7(10)5-8;1-8-6(10)3-2-5(9)4-7/h2-10H2,1H3;2-7H2,1H3,(H,11,13);2-7H2,1H3,(H,11,12);2-6H2,1H3;2-6H2,1H3;2-6H2,1H3,(H,10,12);2-7H2,1H3;2-6H2,1H3;2-5H2,1H3;2-5H2,1H3;2-4H2,1H3,(H,8,10). The van der Waals surface area contributed by atoms with Gasteiger partial charge < -0.3 is 102 Å². The predicted octanol–water partition coefficient (Wildman–Crippen LogP) is 14.1. The number of amides is 4. The summed E-state index contributed by atoms with van der Waals surface area (Å²) in [6.45, 7) is 11.5. The number of alkyl halides is 11. The summed E-state index contributed by atoms with van der Waals surface area (Å²) in [5.41, 5.74) is 0. The molecule has 0 saturated carbocycles. The highest BCUT2D eigenvalue weighted by Crippen LogP contribution is 2.10. The molecule has 4 amide bonds. The molecular formula is C90H153Br5Cl3I3N4O38. The van der Waals surface area contributed by atoms with Crippen molar-refractivity contribution < 1.29 is 181 Å². The van der Waals surface area contributed by atoms with Gasteiger partial charge in [-0.2, -0.15) is 0 Å². The van der Waals surface area contributed by atoms with E-state index in [1.54, 1.807) is 21.0 Å². The number of rotatable bonds is 71. The maximum atomic E-state index is 11.0. The van der Waals surface area contributed by atoms with Crippen LogP contribution in [-0.2, 0) is 172 Å². The van der Waals surface area contributed by atoms with Crippen LogP contribution in [0.4, 0.5) is 9.59 Å². The fraction of sp³-hybridized carbons (Fsp3) is 0.767. The molecule has 0 aromatic carbocycles. The van der Waals surface area contributed by atoms with Gasteiger partial charge in [-0.15, -0.1) is 34.8 Å². The topological polar surface area (TPSA) is 564 Å². The van der Waals surface area contributed by atoms with E-state index in [0.29, 0.717) is 178 Å². The first-order valence-corrected chi connectivity index (χ1v) is 57.2. The van der Waals surface area contributed by atoms with Gasteiger partial charge >= 0.3 is 83.8 Å². The molecule has 0 saturated heterocycles. The van der Waals surface area contributed by atoms with Crippen LogP contribution in [0.3, 0.4) is 0 Å². The molecule has 53 heteroatoms. The molecule has 0 aromatic rings. The second kappa shape index (κ2) is 135. The summed E-state index contributed by atoms with van der Waals surface area (Å²) in [4.78, 5) is 224. The van der Waals surface area contributed by atoms with Crippen molar-refractivity contribution >= 4 is 307 Å². The van der Waals surface area contributed by atoms with Crippen LogP contribution in [-0.4, -0.2) is 344 Å². The van der Waals surface area contributed by atoms with E-state index in [2.05, 4.69) is 150 Å². The second-order valence-corrected chi connectivity index (χ2v) is 33.1. The fourth-order valence-electron chi connectivity index (χ4n) is 8.03. The summed E-state index contributed by atoms with van der Waals surface area (Å²) in [6, 6.07) is 0. The van der Waals surface area contributed by atoms with Crippen LogP contribution in [0.2, 0.25) is 0 Å². The van der Waals surface area contributed by atoms with Gasteiger partial charge in [-0.25, -0.2) is 9.59 Å².